The van der Waals surface area contributed by atoms with E-state index in [9.17, 15) is 4.79 Å². The van der Waals surface area contributed by atoms with Crippen LogP contribution >= 0.6 is 0 Å². The fourth-order valence-electron chi connectivity index (χ4n) is 2.00. The molecule has 0 fully saturated rings. The summed E-state index contributed by atoms with van der Waals surface area (Å²) in [7, 11) is 1.43. The van der Waals surface area contributed by atoms with E-state index in [0.717, 1.165) is 13.1 Å². The van der Waals surface area contributed by atoms with Crippen molar-refractivity contribution in [3.63, 3.8) is 0 Å². The van der Waals surface area contributed by atoms with Crippen molar-refractivity contribution in [2.24, 2.45) is 11.3 Å². The van der Waals surface area contributed by atoms with Crippen LogP contribution in [0.3, 0.4) is 0 Å². The average molecular weight is 266 g/mol. The third-order valence-electron chi connectivity index (χ3n) is 3.01. The molecule has 0 saturated heterocycles. The van der Waals surface area contributed by atoms with E-state index in [4.69, 9.17) is 4.74 Å². The number of nitrogens with one attached hydrogen (secondary N) is 1. The molecule has 4 nitrogen and oxygen atoms in total. The van der Waals surface area contributed by atoms with Crippen LogP contribution in [-0.2, 0) is 22.6 Å². The lowest BCUT2D eigenvalue weighted by molar-refractivity contribution is -0.151. The summed E-state index contributed by atoms with van der Waals surface area (Å²) in [4.78, 5) is 11.6. The Bertz CT molecular complexity index is 408. The number of hydrogen-bond donors (Lipinski definition) is 1. The average Bonchev–Trinajstić information content (AvgIpc) is 2.74. The largest absolute Gasteiger partial charge is 0.469 e. The Balaban J connectivity index is 2.53. The first-order valence-electron chi connectivity index (χ1n) is 6.79. The molecule has 0 saturated carbocycles. The zero-order valence-electron chi connectivity index (χ0n) is 12.7. The Morgan fingerprint density at radius 3 is 2.74 bits per heavy atom. The minimum Gasteiger partial charge on any atom is -0.469 e. The summed E-state index contributed by atoms with van der Waals surface area (Å²) in [5, 5.41) is 3.41. The number of esters is 1. The van der Waals surface area contributed by atoms with Crippen molar-refractivity contribution in [1.29, 1.82) is 0 Å². The van der Waals surface area contributed by atoms with Gasteiger partial charge in [-0.25, -0.2) is 0 Å². The molecule has 0 aliphatic heterocycles. The molecule has 4 heteroatoms. The molecule has 1 aromatic heterocycles. The molecule has 0 aliphatic carbocycles. The highest BCUT2D eigenvalue weighted by molar-refractivity contribution is 5.75. The molecule has 0 aliphatic rings. The fourth-order valence-corrected chi connectivity index (χ4v) is 2.00. The lowest BCUT2D eigenvalue weighted by Crippen LogP contribution is -2.30. The summed E-state index contributed by atoms with van der Waals surface area (Å²) in [6, 6.07) is 2.08. The molecule has 19 heavy (non-hydrogen) atoms. The molecule has 0 amide bonds. The van der Waals surface area contributed by atoms with Crippen LogP contribution in [0.4, 0.5) is 0 Å². The molecule has 1 N–H and O–H groups in total. The van der Waals surface area contributed by atoms with Gasteiger partial charge < -0.3 is 14.6 Å². The van der Waals surface area contributed by atoms with Gasteiger partial charge in [-0.15, -0.1) is 0 Å². The lowest BCUT2D eigenvalue weighted by Gasteiger charge is -2.21. The highest BCUT2D eigenvalue weighted by Gasteiger charge is 2.28. The summed E-state index contributed by atoms with van der Waals surface area (Å²) < 4.78 is 6.87. The van der Waals surface area contributed by atoms with Crippen LogP contribution in [-0.4, -0.2) is 24.2 Å². The number of methoxy groups -OCH3 is 1. The van der Waals surface area contributed by atoms with E-state index in [0.29, 0.717) is 12.5 Å². The number of rotatable bonds is 7. The zero-order valence-corrected chi connectivity index (χ0v) is 12.7. The third kappa shape index (κ3) is 5.07. The SMILES string of the molecule is COC(=O)C(C)(C)Cn1ccc(CNCC(C)C)c1. The fraction of sp³-hybridized carbons (Fsp3) is 0.667. The molecule has 0 atom stereocenters. The molecule has 1 aromatic rings. The molecule has 1 rings (SSSR count). The second-order valence-corrected chi connectivity index (χ2v) is 6.09. The zero-order chi connectivity index (χ0) is 14.5. The second-order valence-electron chi connectivity index (χ2n) is 6.09. The van der Waals surface area contributed by atoms with Gasteiger partial charge in [0.1, 0.15) is 0 Å². The van der Waals surface area contributed by atoms with Gasteiger partial charge in [0.25, 0.3) is 0 Å². The Morgan fingerprint density at radius 2 is 2.16 bits per heavy atom. The molecule has 108 valence electrons. The van der Waals surface area contributed by atoms with Crippen LogP contribution in [0.25, 0.3) is 0 Å². The summed E-state index contributed by atoms with van der Waals surface area (Å²) >= 11 is 0. The van der Waals surface area contributed by atoms with E-state index in [1.807, 2.05) is 24.6 Å². The Morgan fingerprint density at radius 1 is 1.47 bits per heavy atom. The van der Waals surface area contributed by atoms with Gasteiger partial charge in [-0.1, -0.05) is 13.8 Å². The number of ether oxygens (including phenoxy) is 1. The van der Waals surface area contributed by atoms with E-state index in [1.165, 1.54) is 12.7 Å². The number of nitrogens with zero attached hydrogens (tertiary/aromatic N) is 1. The summed E-state index contributed by atoms with van der Waals surface area (Å²) in [5.74, 6) is 0.473. The Kier molecular flexibility index (Phi) is 5.60. The summed E-state index contributed by atoms with van der Waals surface area (Å²) in [6.45, 7) is 10.7. The van der Waals surface area contributed by atoms with Crippen LogP contribution in [0.5, 0.6) is 0 Å². The maximum atomic E-state index is 11.6. The first-order valence-corrected chi connectivity index (χ1v) is 6.79. The monoisotopic (exact) mass is 266 g/mol. The van der Waals surface area contributed by atoms with E-state index in [2.05, 4.69) is 31.4 Å². The first-order chi connectivity index (χ1) is 8.85. The molecule has 0 unspecified atom stereocenters. The minimum absolute atomic E-state index is 0.180. The maximum absolute atomic E-state index is 11.6. The standard InChI is InChI=1S/C15H26N2O2/c1-12(2)8-16-9-13-6-7-17(10-13)11-15(3,4)14(18)19-5/h6-7,10,12,16H,8-9,11H2,1-5H3. The van der Waals surface area contributed by atoms with Crippen molar-refractivity contribution in [2.45, 2.75) is 40.8 Å². The highest BCUT2D eigenvalue weighted by Crippen LogP contribution is 2.20. The maximum Gasteiger partial charge on any atom is 0.313 e. The van der Waals surface area contributed by atoms with Crippen molar-refractivity contribution < 1.29 is 9.53 Å². The molecular formula is C15H26N2O2. The van der Waals surface area contributed by atoms with Gasteiger partial charge in [0.15, 0.2) is 0 Å². The molecular weight excluding hydrogens is 240 g/mol. The number of carbonyl (C=O) groups excluding carboxylic acids is 1. The third-order valence-corrected chi connectivity index (χ3v) is 3.01. The molecule has 1 heterocycles. The van der Waals surface area contributed by atoms with Gasteiger partial charge in [-0.2, -0.15) is 0 Å². The normalized spacial score (nSPS) is 11.9. The van der Waals surface area contributed by atoms with Gasteiger partial charge >= 0.3 is 5.97 Å². The van der Waals surface area contributed by atoms with Crippen molar-refractivity contribution >= 4 is 5.97 Å². The first kappa shape index (κ1) is 15.8. The number of hydrogen-bond acceptors (Lipinski definition) is 3. The smallest absolute Gasteiger partial charge is 0.313 e. The van der Waals surface area contributed by atoms with Crippen LogP contribution in [0.1, 0.15) is 33.3 Å². The Labute approximate surface area is 116 Å². The van der Waals surface area contributed by atoms with Gasteiger partial charge in [0.2, 0.25) is 0 Å². The van der Waals surface area contributed by atoms with E-state index in [-0.39, 0.29) is 5.97 Å². The van der Waals surface area contributed by atoms with E-state index in [1.54, 1.807) is 0 Å². The van der Waals surface area contributed by atoms with Crippen LogP contribution in [0, 0.1) is 11.3 Å². The Hall–Kier alpha value is -1.29. The topological polar surface area (TPSA) is 43.3 Å². The van der Waals surface area contributed by atoms with Gasteiger partial charge in [0.05, 0.1) is 12.5 Å². The van der Waals surface area contributed by atoms with Crippen molar-refractivity contribution in [3.05, 3.63) is 24.0 Å². The summed E-state index contributed by atoms with van der Waals surface area (Å²) in [5.41, 5.74) is 0.734. The van der Waals surface area contributed by atoms with Gasteiger partial charge in [-0.3, -0.25) is 4.79 Å². The molecule has 0 spiro atoms. The van der Waals surface area contributed by atoms with Crippen molar-refractivity contribution in [2.75, 3.05) is 13.7 Å². The number of carbonyl (C=O) groups is 1. The predicted molar refractivity (Wildman–Crippen MR) is 76.8 cm³/mol. The van der Waals surface area contributed by atoms with Crippen molar-refractivity contribution in [1.82, 2.24) is 9.88 Å². The van der Waals surface area contributed by atoms with Crippen LogP contribution in [0.15, 0.2) is 18.5 Å². The molecule has 0 radical (unpaired) electrons. The molecule has 0 aromatic carbocycles. The second kappa shape index (κ2) is 6.75. The van der Waals surface area contributed by atoms with Crippen LogP contribution < -0.4 is 5.32 Å². The quantitative estimate of drug-likeness (QED) is 0.771. The van der Waals surface area contributed by atoms with E-state index < -0.39 is 5.41 Å². The predicted octanol–water partition coefficient (Wildman–Crippen LogP) is 2.43. The van der Waals surface area contributed by atoms with Crippen molar-refractivity contribution in [3.8, 4) is 0 Å². The van der Waals surface area contributed by atoms with Gasteiger partial charge in [0, 0.05) is 25.5 Å². The lowest BCUT2D eigenvalue weighted by atomic mass is 9.94. The highest BCUT2D eigenvalue weighted by atomic mass is 16.5. The molecule has 0 bridgehead atoms. The van der Waals surface area contributed by atoms with Gasteiger partial charge in [-0.05, 0) is 37.9 Å². The van der Waals surface area contributed by atoms with Crippen LogP contribution in [0.2, 0.25) is 0 Å². The van der Waals surface area contributed by atoms with E-state index >= 15 is 0 Å². The number of aromatic nitrogens is 1. The minimum atomic E-state index is -0.504. The summed E-state index contributed by atoms with van der Waals surface area (Å²) in [6.07, 6.45) is 4.09.